The van der Waals surface area contributed by atoms with Crippen molar-refractivity contribution in [1.29, 1.82) is 0 Å². The minimum absolute atomic E-state index is 0.180. The van der Waals surface area contributed by atoms with Gasteiger partial charge in [-0.1, -0.05) is 13.8 Å². The summed E-state index contributed by atoms with van der Waals surface area (Å²) in [6, 6.07) is 0. The van der Waals surface area contributed by atoms with E-state index in [1.54, 1.807) is 6.92 Å². The summed E-state index contributed by atoms with van der Waals surface area (Å²) in [5, 5.41) is 9.24. The molecule has 0 aliphatic heterocycles. The number of unbranched alkanes of at least 4 members (excludes halogenated alkanes) is 1. The van der Waals surface area contributed by atoms with E-state index in [1.807, 2.05) is 20.8 Å². The molecule has 0 bridgehead atoms. The summed E-state index contributed by atoms with van der Waals surface area (Å²) in [7, 11) is 0. The van der Waals surface area contributed by atoms with Gasteiger partial charge >= 0.3 is 6.16 Å². The summed E-state index contributed by atoms with van der Waals surface area (Å²) in [5.41, 5.74) is 0. The predicted molar refractivity (Wildman–Crippen MR) is 68.1 cm³/mol. The van der Waals surface area contributed by atoms with Gasteiger partial charge in [0.2, 0.25) is 0 Å². The third kappa shape index (κ3) is 10.1. The highest BCUT2D eigenvalue weighted by molar-refractivity contribution is 5.60. The molecule has 0 aliphatic carbocycles. The Hall–Kier alpha value is -1.53. The molecular weight excluding hydrogens is 254 g/mol. The van der Waals surface area contributed by atoms with Gasteiger partial charge in [0.05, 0.1) is 6.61 Å². The van der Waals surface area contributed by atoms with Crippen LogP contribution >= 0.6 is 0 Å². The molecule has 0 radical (unpaired) electrons. The number of rotatable bonds is 9. The maximum atomic E-state index is 11.2. The Bertz CT molecular complexity index is 281. The van der Waals surface area contributed by atoms with Crippen molar-refractivity contribution in [3.05, 3.63) is 10.1 Å². The number of hydrogen-bond acceptors (Lipinski definition) is 6. The molecule has 7 nitrogen and oxygen atoms in total. The Morgan fingerprint density at radius 3 is 2.37 bits per heavy atom. The van der Waals surface area contributed by atoms with Crippen molar-refractivity contribution in [1.82, 2.24) is 0 Å². The molecular formula is C12H23NO6. The molecule has 2 atom stereocenters. The van der Waals surface area contributed by atoms with Crippen LogP contribution in [0.2, 0.25) is 0 Å². The quantitative estimate of drug-likeness (QED) is 0.278. The van der Waals surface area contributed by atoms with Gasteiger partial charge in [-0.3, -0.25) is 0 Å². The van der Waals surface area contributed by atoms with Crippen LogP contribution in [-0.4, -0.2) is 30.1 Å². The Labute approximate surface area is 113 Å². The van der Waals surface area contributed by atoms with Crippen molar-refractivity contribution in [3.8, 4) is 0 Å². The van der Waals surface area contributed by atoms with Crippen LogP contribution in [0.4, 0.5) is 4.79 Å². The summed E-state index contributed by atoms with van der Waals surface area (Å²) in [6.45, 7) is 7.59. The summed E-state index contributed by atoms with van der Waals surface area (Å²) in [6.07, 6.45) is 0.556. The lowest BCUT2D eigenvalue weighted by Crippen LogP contribution is -2.21. The third-order valence-corrected chi connectivity index (χ3v) is 2.71. The molecule has 0 saturated heterocycles. The zero-order chi connectivity index (χ0) is 14.8. The van der Waals surface area contributed by atoms with E-state index in [0.717, 1.165) is 0 Å². The van der Waals surface area contributed by atoms with E-state index in [9.17, 15) is 14.9 Å². The van der Waals surface area contributed by atoms with Crippen LogP contribution in [-0.2, 0) is 14.3 Å². The molecule has 0 N–H and O–H groups in total. The molecule has 0 aliphatic rings. The van der Waals surface area contributed by atoms with Crippen LogP contribution in [0.5, 0.6) is 0 Å². The van der Waals surface area contributed by atoms with Gasteiger partial charge in [-0.15, -0.1) is 10.1 Å². The summed E-state index contributed by atoms with van der Waals surface area (Å²) in [5.74, 6) is 0.243. The van der Waals surface area contributed by atoms with E-state index in [0.29, 0.717) is 19.3 Å². The Morgan fingerprint density at radius 2 is 1.84 bits per heavy atom. The van der Waals surface area contributed by atoms with Crippen LogP contribution in [0.1, 0.15) is 47.0 Å². The van der Waals surface area contributed by atoms with Gasteiger partial charge in [0, 0.05) is 0 Å². The fraction of sp³-hybridized carbons (Fsp3) is 0.917. The summed E-state index contributed by atoms with van der Waals surface area (Å²) in [4.78, 5) is 25.6. The average Bonchev–Trinajstić information content (AvgIpc) is 2.27. The minimum atomic E-state index is -0.800. The van der Waals surface area contributed by atoms with Crippen molar-refractivity contribution >= 4 is 6.16 Å². The number of carbonyl (C=O) groups is 1. The first-order valence-corrected chi connectivity index (χ1v) is 6.47. The molecule has 0 heterocycles. The molecule has 0 spiro atoms. The van der Waals surface area contributed by atoms with Crippen LogP contribution < -0.4 is 0 Å². The van der Waals surface area contributed by atoms with Gasteiger partial charge in [0.25, 0.3) is 5.09 Å². The molecule has 19 heavy (non-hydrogen) atoms. The second-order valence-electron chi connectivity index (χ2n) is 4.80. The number of carbonyl (C=O) groups excluding carboxylic acids is 1. The largest absolute Gasteiger partial charge is 0.508 e. The highest BCUT2D eigenvalue weighted by Gasteiger charge is 2.13. The van der Waals surface area contributed by atoms with Crippen molar-refractivity contribution in [2.75, 3.05) is 6.61 Å². The molecule has 0 rings (SSSR count). The second kappa shape index (κ2) is 9.41. The highest BCUT2D eigenvalue weighted by atomic mass is 17.0. The van der Waals surface area contributed by atoms with E-state index >= 15 is 0 Å². The van der Waals surface area contributed by atoms with Crippen LogP contribution in [0, 0.1) is 16.0 Å². The van der Waals surface area contributed by atoms with E-state index in [1.165, 1.54) is 0 Å². The van der Waals surface area contributed by atoms with E-state index < -0.39 is 17.3 Å². The van der Waals surface area contributed by atoms with Crippen LogP contribution in [0.15, 0.2) is 0 Å². The normalized spacial score (nSPS) is 13.7. The van der Waals surface area contributed by atoms with E-state index in [2.05, 4.69) is 4.84 Å². The third-order valence-electron chi connectivity index (χ3n) is 2.71. The zero-order valence-corrected chi connectivity index (χ0v) is 12.0. The lowest BCUT2D eigenvalue weighted by atomic mass is 10.1. The van der Waals surface area contributed by atoms with E-state index in [-0.39, 0.29) is 18.6 Å². The van der Waals surface area contributed by atoms with Crippen LogP contribution in [0.25, 0.3) is 0 Å². The average molecular weight is 277 g/mol. The fourth-order valence-corrected chi connectivity index (χ4v) is 1.21. The van der Waals surface area contributed by atoms with Crippen molar-refractivity contribution in [2.24, 2.45) is 5.92 Å². The molecule has 0 aromatic carbocycles. The molecule has 2 unspecified atom stereocenters. The highest BCUT2D eigenvalue weighted by Crippen LogP contribution is 2.08. The summed E-state index contributed by atoms with van der Waals surface area (Å²) < 4.78 is 9.91. The van der Waals surface area contributed by atoms with Gasteiger partial charge in [-0.25, -0.2) is 4.79 Å². The predicted octanol–water partition coefficient (Wildman–Crippen LogP) is 2.95. The van der Waals surface area contributed by atoms with Gasteiger partial charge in [-0.2, -0.15) is 0 Å². The molecule has 7 heteroatoms. The van der Waals surface area contributed by atoms with Gasteiger partial charge in [0.15, 0.2) is 0 Å². The van der Waals surface area contributed by atoms with E-state index in [4.69, 9.17) is 9.47 Å². The molecule has 112 valence electrons. The Kier molecular flexibility index (Phi) is 8.65. The van der Waals surface area contributed by atoms with Crippen LogP contribution in [0.3, 0.4) is 0 Å². The maximum absolute atomic E-state index is 11.2. The first-order valence-electron chi connectivity index (χ1n) is 6.47. The fourth-order valence-electron chi connectivity index (χ4n) is 1.21. The first kappa shape index (κ1) is 17.5. The SMILES string of the molecule is CC(CCCCOC(=O)OC(C)C(C)C)O[N+](=O)[O-]. The molecule has 0 aromatic rings. The first-order chi connectivity index (χ1) is 8.82. The lowest BCUT2D eigenvalue weighted by molar-refractivity contribution is -0.767. The van der Waals surface area contributed by atoms with Gasteiger partial charge in [0.1, 0.15) is 12.2 Å². The van der Waals surface area contributed by atoms with Gasteiger partial charge < -0.3 is 14.3 Å². The Balaban J connectivity index is 3.54. The zero-order valence-electron chi connectivity index (χ0n) is 12.0. The molecule has 0 fully saturated rings. The van der Waals surface area contributed by atoms with Crippen molar-refractivity contribution in [3.63, 3.8) is 0 Å². The number of nitrogens with zero attached hydrogens (tertiary/aromatic N) is 1. The Morgan fingerprint density at radius 1 is 1.21 bits per heavy atom. The lowest BCUT2D eigenvalue weighted by Gasteiger charge is -2.16. The standard InChI is InChI=1S/C12H23NO6/c1-9(2)11(4)18-12(14)17-8-6-5-7-10(3)19-13(15)16/h9-11H,5-8H2,1-4H3. The van der Waals surface area contributed by atoms with Gasteiger partial charge in [-0.05, 0) is 39.0 Å². The minimum Gasteiger partial charge on any atom is -0.434 e. The number of ether oxygens (including phenoxy) is 2. The second-order valence-corrected chi connectivity index (χ2v) is 4.80. The molecule has 0 amide bonds. The van der Waals surface area contributed by atoms with Crippen molar-refractivity contribution in [2.45, 2.75) is 59.2 Å². The topological polar surface area (TPSA) is 87.9 Å². The summed E-state index contributed by atoms with van der Waals surface area (Å²) >= 11 is 0. The molecule has 0 saturated carbocycles. The maximum Gasteiger partial charge on any atom is 0.508 e. The monoisotopic (exact) mass is 277 g/mol. The smallest absolute Gasteiger partial charge is 0.434 e. The number of hydrogen-bond donors (Lipinski definition) is 0. The van der Waals surface area contributed by atoms with Crippen molar-refractivity contribution < 1.29 is 24.2 Å². The molecule has 0 aromatic heterocycles.